The van der Waals surface area contributed by atoms with Crippen LogP contribution in [0, 0.1) is 0 Å². The van der Waals surface area contributed by atoms with Crippen LogP contribution >= 0.6 is 22.9 Å². The molecular formula is C7H16Cl2OSi. The van der Waals surface area contributed by atoms with E-state index >= 15 is 0 Å². The average Bonchev–Trinajstić information content (AvgIpc) is 1.83. The van der Waals surface area contributed by atoms with Crippen LogP contribution in [0.15, 0.2) is 0 Å². The molecule has 0 saturated heterocycles. The van der Waals surface area contributed by atoms with Crippen LogP contribution in [0.4, 0.5) is 0 Å². The zero-order valence-electron chi connectivity index (χ0n) is 7.74. The smallest absolute Gasteiger partial charge is 0.305 e. The summed E-state index contributed by atoms with van der Waals surface area (Å²) in [7, 11) is -2.26. The van der Waals surface area contributed by atoms with Gasteiger partial charge in [0.25, 0.3) is 0 Å². The van der Waals surface area contributed by atoms with Crippen molar-refractivity contribution >= 4 is 30.6 Å². The van der Waals surface area contributed by atoms with Crippen LogP contribution < -0.4 is 0 Å². The minimum atomic E-state index is -2.26. The van der Waals surface area contributed by atoms with E-state index in [9.17, 15) is 0 Å². The van der Waals surface area contributed by atoms with Gasteiger partial charge in [0.15, 0.2) is 0 Å². The second kappa shape index (κ2) is 3.65. The third-order valence-electron chi connectivity index (χ3n) is 1.88. The van der Waals surface area contributed by atoms with Crippen LogP contribution in [-0.2, 0) is 3.98 Å². The monoisotopic (exact) mass is 214 g/mol. The molecule has 1 unspecified atom stereocenters. The van der Waals surface area contributed by atoms with E-state index in [0.717, 1.165) is 0 Å². The van der Waals surface area contributed by atoms with Gasteiger partial charge in [-0.3, -0.25) is 0 Å². The predicted octanol–water partition coefficient (Wildman–Crippen LogP) is 4.05. The van der Waals surface area contributed by atoms with Crippen molar-refractivity contribution in [2.45, 2.75) is 45.2 Å². The minimum Gasteiger partial charge on any atom is -0.305 e. The van der Waals surface area contributed by atoms with Crippen LogP contribution in [0.25, 0.3) is 0 Å². The first-order valence-corrected chi connectivity index (χ1v) is 7.05. The van der Waals surface area contributed by atoms with E-state index in [0.29, 0.717) is 5.54 Å². The highest BCUT2D eigenvalue weighted by atomic mass is 35.6. The summed E-state index contributed by atoms with van der Waals surface area (Å²) in [5.74, 6) is 0. The van der Waals surface area contributed by atoms with E-state index < -0.39 is 7.63 Å². The molecule has 0 spiro atoms. The first kappa shape index (κ1) is 11.8. The summed E-state index contributed by atoms with van der Waals surface area (Å²) in [5, 5.41) is -0.0233. The Bertz CT molecular complexity index is 133. The van der Waals surface area contributed by atoms with Gasteiger partial charge in [0.1, 0.15) is 0 Å². The largest absolute Gasteiger partial charge is 0.320 e. The normalized spacial score (nSPS) is 18.5. The summed E-state index contributed by atoms with van der Waals surface area (Å²) in [6.07, 6.45) is 0. The molecule has 0 amide bonds. The standard InChI is InChI=1S/C7H16Cl2OSi/c1-6(2)11(9,10-8)7(3,4)5/h6H,1-5H3. The van der Waals surface area contributed by atoms with Crippen LogP contribution in [0.5, 0.6) is 0 Å². The summed E-state index contributed by atoms with van der Waals surface area (Å²) in [6.45, 7) is 10.3. The molecule has 0 aromatic carbocycles. The van der Waals surface area contributed by atoms with Gasteiger partial charge in [0.2, 0.25) is 0 Å². The van der Waals surface area contributed by atoms with Gasteiger partial charge in [0.05, 0.1) is 0 Å². The maximum absolute atomic E-state index is 6.32. The summed E-state index contributed by atoms with van der Waals surface area (Å²) >= 11 is 11.7. The Morgan fingerprint density at radius 3 is 1.64 bits per heavy atom. The van der Waals surface area contributed by atoms with Gasteiger partial charge in [-0.2, -0.15) is 0 Å². The number of hydrogen-bond acceptors (Lipinski definition) is 1. The van der Waals surface area contributed by atoms with Crippen LogP contribution in [0.2, 0.25) is 10.6 Å². The second-order valence-corrected chi connectivity index (χ2v) is 10.4. The van der Waals surface area contributed by atoms with Crippen molar-refractivity contribution in [1.29, 1.82) is 0 Å². The van der Waals surface area contributed by atoms with Crippen molar-refractivity contribution in [3.8, 4) is 0 Å². The Kier molecular flexibility index (Phi) is 3.90. The fraction of sp³-hybridized carbons (Fsp3) is 1.00. The maximum Gasteiger partial charge on any atom is 0.320 e. The van der Waals surface area contributed by atoms with Gasteiger partial charge >= 0.3 is 7.63 Å². The van der Waals surface area contributed by atoms with Gasteiger partial charge in [-0.05, 0) is 10.6 Å². The molecule has 11 heavy (non-hydrogen) atoms. The molecule has 0 bridgehead atoms. The lowest BCUT2D eigenvalue weighted by Gasteiger charge is -2.36. The highest BCUT2D eigenvalue weighted by Gasteiger charge is 2.48. The summed E-state index contributed by atoms with van der Waals surface area (Å²) < 4.78 is 4.94. The maximum atomic E-state index is 6.32. The zero-order valence-corrected chi connectivity index (χ0v) is 10.3. The number of hydrogen-bond donors (Lipinski definition) is 0. The Morgan fingerprint density at radius 1 is 1.27 bits per heavy atom. The van der Waals surface area contributed by atoms with Gasteiger partial charge in [0, 0.05) is 11.9 Å². The van der Waals surface area contributed by atoms with Crippen molar-refractivity contribution < 1.29 is 3.98 Å². The lowest BCUT2D eigenvalue weighted by Crippen LogP contribution is -2.42. The second-order valence-electron chi connectivity index (χ2n) is 4.13. The summed E-state index contributed by atoms with van der Waals surface area (Å²) in [6, 6.07) is 0. The van der Waals surface area contributed by atoms with Crippen molar-refractivity contribution in [3.05, 3.63) is 0 Å². The average molecular weight is 215 g/mol. The van der Waals surface area contributed by atoms with E-state index in [2.05, 4.69) is 20.8 Å². The first-order chi connectivity index (χ1) is 4.75. The molecule has 0 aliphatic heterocycles. The molecule has 68 valence electrons. The van der Waals surface area contributed by atoms with E-state index in [4.69, 9.17) is 26.9 Å². The minimum absolute atomic E-state index is 0.0233. The summed E-state index contributed by atoms with van der Waals surface area (Å²) in [5.41, 5.74) is 0.321. The Labute approximate surface area is 80.0 Å². The van der Waals surface area contributed by atoms with Crippen molar-refractivity contribution in [3.63, 3.8) is 0 Å². The van der Waals surface area contributed by atoms with Crippen LogP contribution in [0.3, 0.4) is 0 Å². The molecule has 4 heteroatoms. The number of rotatable bonds is 2. The van der Waals surface area contributed by atoms with Crippen LogP contribution in [-0.4, -0.2) is 7.63 Å². The van der Waals surface area contributed by atoms with E-state index in [1.165, 1.54) is 0 Å². The molecule has 0 fully saturated rings. The lowest BCUT2D eigenvalue weighted by molar-refractivity contribution is 0.522. The SMILES string of the molecule is CC(C)[Si](Cl)(OCl)C(C)(C)C. The molecule has 0 aliphatic rings. The zero-order chi connectivity index (χ0) is 9.28. The highest BCUT2D eigenvalue weighted by molar-refractivity contribution is 7.19. The fourth-order valence-electron chi connectivity index (χ4n) is 1.07. The lowest BCUT2D eigenvalue weighted by atomic mass is 10.2. The molecule has 0 aromatic heterocycles. The molecule has 1 nitrogen and oxygen atoms in total. The quantitative estimate of drug-likeness (QED) is 0.498. The molecule has 0 rings (SSSR count). The van der Waals surface area contributed by atoms with E-state index in [1.807, 2.05) is 13.8 Å². The Morgan fingerprint density at radius 2 is 1.64 bits per heavy atom. The topological polar surface area (TPSA) is 9.23 Å². The molecule has 0 N–H and O–H groups in total. The number of halogens is 2. The van der Waals surface area contributed by atoms with Gasteiger partial charge in [-0.25, -0.2) is 0 Å². The molecule has 1 atom stereocenters. The van der Waals surface area contributed by atoms with Gasteiger partial charge < -0.3 is 3.98 Å². The Hall–Kier alpha value is 0.757. The molecule has 0 aromatic rings. The molecule has 0 saturated carbocycles. The molecule has 0 heterocycles. The molecule has 0 aliphatic carbocycles. The Balaban J connectivity index is 4.61. The van der Waals surface area contributed by atoms with Crippen molar-refractivity contribution in [1.82, 2.24) is 0 Å². The first-order valence-electron chi connectivity index (χ1n) is 3.74. The van der Waals surface area contributed by atoms with Crippen molar-refractivity contribution in [2.75, 3.05) is 0 Å². The third kappa shape index (κ3) is 2.34. The van der Waals surface area contributed by atoms with Gasteiger partial charge in [-0.15, -0.1) is 11.1 Å². The van der Waals surface area contributed by atoms with E-state index in [1.54, 1.807) is 0 Å². The van der Waals surface area contributed by atoms with Crippen LogP contribution in [0.1, 0.15) is 34.6 Å². The predicted molar refractivity (Wildman–Crippen MR) is 53.4 cm³/mol. The fourth-order valence-corrected chi connectivity index (χ4v) is 4.44. The molecular weight excluding hydrogens is 199 g/mol. The third-order valence-corrected chi connectivity index (χ3v) is 9.84. The molecule has 0 radical (unpaired) electrons. The summed E-state index contributed by atoms with van der Waals surface area (Å²) in [4.78, 5) is 0. The highest BCUT2D eigenvalue weighted by Crippen LogP contribution is 2.47. The van der Waals surface area contributed by atoms with Crippen molar-refractivity contribution in [2.24, 2.45) is 0 Å². The van der Waals surface area contributed by atoms with Gasteiger partial charge in [-0.1, -0.05) is 34.6 Å². The van der Waals surface area contributed by atoms with E-state index in [-0.39, 0.29) is 5.04 Å².